The summed E-state index contributed by atoms with van der Waals surface area (Å²) >= 11 is 1.53. The van der Waals surface area contributed by atoms with Crippen molar-refractivity contribution in [3.8, 4) is 0 Å². The maximum absolute atomic E-state index is 11.3. The van der Waals surface area contributed by atoms with Crippen LogP contribution in [0, 0.1) is 0 Å². The van der Waals surface area contributed by atoms with Gasteiger partial charge in [0.15, 0.2) is 0 Å². The third kappa shape index (κ3) is 2.69. The fraction of sp³-hybridized carbons (Fsp3) is 0.312. The molecule has 0 bridgehead atoms. The van der Waals surface area contributed by atoms with Crippen molar-refractivity contribution in [1.82, 2.24) is 24.6 Å². The van der Waals surface area contributed by atoms with E-state index in [0.717, 1.165) is 32.4 Å². The number of fused-ring (bicyclic) bond motifs is 2. The molecular weight excluding hydrogens is 324 g/mol. The second-order valence-electron chi connectivity index (χ2n) is 6.82. The van der Waals surface area contributed by atoms with Gasteiger partial charge in [0.05, 0.1) is 22.9 Å². The average molecular weight is 342 g/mol. The molecule has 4 aromatic rings. The van der Waals surface area contributed by atoms with Gasteiger partial charge in [-0.15, -0.1) is 5.10 Å². The van der Waals surface area contributed by atoms with Crippen LogP contribution in [0.15, 0.2) is 29.2 Å². The SMILES string of the molecule is CC(C)(C)c1cn2nc(NCc3ccc4[nH]c(=O)[nH]c4c3)sc2n1. The molecule has 0 spiro atoms. The Hall–Kier alpha value is -2.61. The Morgan fingerprint density at radius 2 is 2.04 bits per heavy atom. The molecule has 0 atom stereocenters. The van der Waals surface area contributed by atoms with Crippen molar-refractivity contribution in [2.24, 2.45) is 0 Å². The van der Waals surface area contributed by atoms with Gasteiger partial charge in [0.2, 0.25) is 10.1 Å². The summed E-state index contributed by atoms with van der Waals surface area (Å²) in [5.41, 5.74) is 3.56. The van der Waals surface area contributed by atoms with E-state index in [4.69, 9.17) is 0 Å². The largest absolute Gasteiger partial charge is 0.356 e. The monoisotopic (exact) mass is 342 g/mol. The predicted molar refractivity (Wildman–Crippen MR) is 95.8 cm³/mol. The van der Waals surface area contributed by atoms with Gasteiger partial charge >= 0.3 is 5.69 Å². The van der Waals surface area contributed by atoms with E-state index in [0.29, 0.717) is 6.54 Å². The molecule has 24 heavy (non-hydrogen) atoms. The first-order valence-electron chi connectivity index (χ1n) is 7.70. The molecule has 0 saturated heterocycles. The second-order valence-corrected chi connectivity index (χ2v) is 7.78. The van der Waals surface area contributed by atoms with Crippen LogP contribution >= 0.6 is 11.3 Å². The van der Waals surface area contributed by atoms with Gasteiger partial charge in [0.1, 0.15) is 0 Å². The van der Waals surface area contributed by atoms with Crippen LogP contribution in [0.25, 0.3) is 16.0 Å². The highest BCUT2D eigenvalue weighted by Gasteiger charge is 2.19. The van der Waals surface area contributed by atoms with Crippen LogP contribution in [0.1, 0.15) is 32.0 Å². The fourth-order valence-electron chi connectivity index (χ4n) is 2.50. The number of aromatic amines is 2. The van der Waals surface area contributed by atoms with Crippen molar-refractivity contribution >= 4 is 32.5 Å². The smallest absolute Gasteiger partial charge is 0.323 e. The number of hydrogen-bond donors (Lipinski definition) is 3. The van der Waals surface area contributed by atoms with Gasteiger partial charge in [0.25, 0.3) is 0 Å². The summed E-state index contributed by atoms with van der Waals surface area (Å²) in [6.07, 6.45) is 1.98. The van der Waals surface area contributed by atoms with Crippen LogP contribution < -0.4 is 11.0 Å². The van der Waals surface area contributed by atoms with E-state index in [2.05, 4.69) is 46.1 Å². The Morgan fingerprint density at radius 3 is 2.79 bits per heavy atom. The lowest BCUT2D eigenvalue weighted by molar-refractivity contribution is 0.572. The number of rotatable bonds is 3. The average Bonchev–Trinajstić information content (AvgIpc) is 3.14. The van der Waals surface area contributed by atoms with Crippen LogP contribution in [0.2, 0.25) is 0 Å². The van der Waals surface area contributed by atoms with E-state index in [9.17, 15) is 4.79 Å². The molecule has 3 aromatic heterocycles. The molecule has 124 valence electrons. The summed E-state index contributed by atoms with van der Waals surface area (Å²) in [5, 5.41) is 8.66. The van der Waals surface area contributed by atoms with Gasteiger partial charge in [-0.2, -0.15) is 0 Å². The van der Waals surface area contributed by atoms with Crippen LogP contribution in [0.4, 0.5) is 5.13 Å². The number of hydrogen-bond acceptors (Lipinski definition) is 5. The van der Waals surface area contributed by atoms with Gasteiger partial charge in [-0.05, 0) is 17.7 Å². The van der Waals surface area contributed by atoms with Crippen molar-refractivity contribution in [1.29, 1.82) is 0 Å². The molecule has 4 rings (SSSR count). The van der Waals surface area contributed by atoms with Crippen LogP contribution in [0.5, 0.6) is 0 Å². The third-order valence-electron chi connectivity index (χ3n) is 3.84. The quantitative estimate of drug-likeness (QED) is 0.534. The van der Waals surface area contributed by atoms with Crippen molar-refractivity contribution in [2.45, 2.75) is 32.7 Å². The normalized spacial score (nSPS) is 12.3. The highest BCUT2D eigenvalue weighted by Crippen LogP contribution is 2.26. The van der Waals surface area contributed by atoms with Crippen molar-refractivity contribution in [2.75, 3.05) is 5.32 Å². The van der Waals surface area contributed by atoms with Crippen LogP contribution in [-0.2, 0) is 12.0 Å². The lowest BCUT2D eigenvalue weighted by Gasteiger charge is -2.13. The third-order valence-corrected chi connectivity index (χ3v) is 4.72. The Bertz CT molecular complexity index is 1050. The Labute approximate surface area is 141 Å². The van der Waals surface area contributed by atoms with E-state index in [1.165, 1.54) is 11.3 Å². The van der Waals surface area contributed by atoms with E-state index >= 15 is 0 Å². The summed E-state index contributed by atoms with van der Waals surface area (Å²) in [4.78, 5) is 22.3. The standard InChI is InChI=1S/C16H18N6OS/c1-16(2,3)12-8-22-15(20-12)24-14(21-22)17-7-9-4-5-10-11(6-9)19-13(23)18-10/h4-6,8H,7H2,1-3H3,(H,17,21)(H2,18,19,23). The molecule has 0 aliphatic carbocycles. The van der Waals surface area contributed by atoms with Crippen LogP contribution in [0.3, 0.4) is 0 Å². The maximum atomic E-state index is 11.3. The lowest BCUT2D eigenvalue weighted by Crippen LogP contribution is -2.11. The van der Waals surface area contributed by atoms with Crippen LogP contribution in [-0.4, -0.2) is 24.6 Å². The number of aromatic nitrogens is 5. The van der Waals surface area contributed by atoms with Gasteiger partial charge in [0, 0.05) is 12.0 Å². The first kappa shape index (κ1) is 14.9. The van der Waals surface area contributed by atoms with E-state index in [-0.39, 0.29) is 11.1 Å². The number of anilines is 1. The van der Waals surface area contributed by atoms with E-state index in [1.54, 1.807) is 0 Å². The molecule has 7 nitrogen and oxygen atoms in total. The molecule has 0 unspecified atom stereocenters. The zero-order valence-electron chi connectivity index (χ0n) is 13.7. The molecular formula is C16H18N6OS. The molecule has 8 heteroatoms. The Morgan fingerprint density at radius 1 is 1.25 bits per heavy atom. The minimum atomic E-state index is -0.189. The van der Waals surface area contributed by atoms with Crippen molar-refractivity contribution in [3.63, 3.8) is 0 Å². The molecule has 0 fully saturated rings. The molecule has 0 aliphatic heterocycles. The molecule has 1 aromatic carbocycles. The maximum Gasteiger partial charge on any atom is 0.323 e. The minimum absolute atomic E-state index is 0.0178. The van der Waals surface area contributed by atoms with Gasteiger partial charge < -0.3 is 15.3 Å². The molecule has 0 radical (unpaired) electrons. The molecule has 0 saturated carbocycles. The van der Waals surface area contributed by atoms with Gasteiger partial charge in [-0.3, -0.25) is 0 Å². The van der Waals surface area contributed by atoms with Gasteiger partial charge in [-0.25, -0.2) is 14.3 Å². The summed E-state index contributed by atoms with van der Waals surface area (Å²) in [5.74, 6) is 0. The zero-order chi connectivity index (χ0) is 16.9. The molecule has 0 amide bonds. The number of nitrogens with one attached hydrogen (secondary N) is 3. The Balaban J connectivity index is 1.53. The predicted octanol–water partition coefficient (Wildman–Crippen LogP) is 2.87. The zero-order valence-corrected chi connectivity index (χ0v) is 14.5. The fourth-order valence-corrected chi connectivity index (χ4v) is 3.28. The molecule has 3 N–H and O–H groups in total. The van der Waals surface area contributed by atoms with E-state index < -0.39 is 0 Å². The summed E-state index contributed by atoms with van der Waals surface area (Å²) < 4.78 is 1.82. The molecule has 3 heterocycles. The van der Waals surface area contributed by atoms with Crippen molar-refractivity contribution in [3.05, 3.63) is 46.1 Å². The number of benzene rings is 1. The van der Waals surface area contributed by atoms with E-state index in [1.807, 2.05) is 28.9 Å². The lowest BCUT2D eigenvalue weighted by atomic mass is 9.93. The summed E-state index contributed by atoms with van der Waals surface area (Å²) in [7, 11) is 0. The molecule has 0 aliphatic rings. The van der Waals surface area contributed by atoms with Crippen molar-refractivity contribution < 1.29 is 0 Å². The minimum Gasteiger partial charge on any atom is -0.356 e. The number of imidazole rings is 2. The first-order valence-corrected chi connectivity index (χ1v) is 8.52. The number of nitrogens with zero attached hydrogens (tertiary/aromatic N) is 3. The Kier molecular flexibility index (Phi) is 3.24. The topological polar surface area (TPSA) is 90.9 Å². The summed E-state index contributed by atoms with van der Waals surface area (Å²) in [6.45, 7) is 7.05. The second kappa shape index (κ2) is 5.20. The summed E-state index contributed by atoms with van der Waals surface area (Å²) in [6, 6.07) is 5.83. The highest BCUT2D eigenvalue weighted by molar-refractivity contribution is 7.20. The first-order chi connectivity index (χ1) is 11.4. The highest BCUT2D eigenvalue weighted by atomic mass is 32.1. The number of H-pyrrole nitrogens is 2. The van der Waals surface area contributed by atoms with Gasteiger partial charge in [-0.1, -0.05) is 38.2 Å².